The fraction of sp³-hybridized carbons (Fsp3) is 0.333. The lowest BCUT2D eigenvalue weighted by Crippen LogP contribution is -2.14. The van der Waals surface area contributed by atoms with E-state index in [9.17, 15) is 4.39 Å². The van der Waals surface area contributed by atoms with Crippen molar-refractivity contribution in [3.8, 4) is 5.75 Å². The molecule has 0 saturated heterocycles. The second-order valence-corrected chi connectivity index (χ2v) is 5.29. The molecular formula is C18H22FNO. The van der Waals surface area contributed by atoms with Crippen LogP contribution in [0.4, 0.5) is 10.1 Å². The van der Waals surface area contributed by atoms with Crippen molar-refractivity contribution in [3.63, 3.8) is 0 Å². The van der Waals surface area contributed by atoms with Gasteiger partial charge in [0.05, 0.1) is 17.8 Å². The fourth-order valence-corrected chi connectivity index (χ4v) is 2.29. The van der Waals surface area contributed by atoms with Crippen molar-refractivity contribution in [1.29, 1.82) is 0 Å². The highest BCUT2D eigenvalue weighted by Crippen LogP contribution is 2.31. The monoisotopic (exact) mass is 287 g/mol. The Balaban J connectivity index is 2.25. The van der Waals surface area contributed by atoms with Gasteiger partial charge in [0, 0.05) is 5.56 Å². The summed E-state index contributed by atoms with van der Waals surface area (Å²) in [5, 5.41) is 3.39. The van der Waals surface area contributed by atoms with Crippen LogP contribution in [-0.4, -0.2) is 6.10 Å². The Hall–Kier alpha value is -2.03. The Morgan fingerprint density at radius 1 is 1.05 bits per heavy atom. The number of hydrogen-bond acceptors (Lipinski definition) is 2. The molecule has 0 spiro atoms. The van der Waals surface area contributed by atoms with Crippen LogP contribution in [0.2, 0.25) is 0 Å². The summed E-state index contributed by atoms with van der Waals surface area (Å²) in [5.41, 5.74) is 1.57. The zero-order chi connectivity index (χ0) is 15.2. The molecule has 2 rings (SSSR count). The van der Waals surface area contributed by atoms with Crippen LogP contribution in [0, 0.1) is 5.82 Å². The molecule has 0 aliphatic heterocycles. The summed E-state index contributed by atoms with van der Waals surface area (Å²) in [7, 11) is 0. The van der Waals surface area contributed by atoms with E-state index in [0.29, 0.717) is 5.56 Å². The van der Waals surface area contributed by atoms with E-state index in [1.165, 1.54) is 6.07 Å². The standard InChI is InChI=1S/C18H22FNO/c1-4-16(14-9-5-6-10-15(14)19)20-17-11-7-8-12-18(17)21-13(2)3/h5-13,16,20H,4H2,1-3H3. The third-order valence-corrected chi connectivity index (χ3v) is 3.27. The summed E-state index contributed by atoms with van der Waals surface area (Å²) in [4.78, 5) is 0. The van der Waals surface area contributed by atoms with Gasteiger partial charge in [0.25, 0.3) is 0 Å². The zero-order valence-corrected chi connectivity index (χ0v) is 12.8. The maximum Gasteiger partial charge on any atom is 0.142 e. The minimum atomic E-state index is -0.181. The normalized spacial score (nSPS) is 12.2. The molecule has 2 aromatic carbocycles. The SMILES string of the molecule is CCC(Nc1ccccc1OC(C)C)c1ccccc1F. The molecule has 0 amide bonds. The maximum atomic E-state index is 14.0. The summed E-state index contributed by atoms with van der Waals surface area (Å²) in [6.07, 6.45) is 0.887. The van der Waals surface area contributed by atoms with E-state index >= 15 is 0 Å². The summed E-state index contributed by atoms with van der Waals surface area (Å²) >= 11 is 0. The molecule has 1 atom stereocenters. The number of hydrogen-bond donors (Lipinski definition) is 1. The maximum absolute atomic E-state index is 14.0. The highest BCUT2D eigenvalue weighted by Gasteiger charge is 2.15. The van der Waals surface area contributed by atoms with Gasteiger partial charge < -0.3 is 10.1 Å². The molecule has 0 aliphatic carbocycles. The molecule has 0 aliphatic rings. The van der Waals surface area contributed by atoms with Crippen molar-refractivity contribution in [1.82, 2.24) is 0 Å². The van der Waals surface area contributed by atoms with Gasteiger partial charge in [-0.2, -0.15) is 0 Å². The molecule has 0 aromatic heterocycles. The topological polar surface area (TPSA) is 21.3 Å². The first kappa shape index (κ1) is 15.4. The van der Waals surface area contributed by atoms with Gasteiger partial charge in [0.15, 0.2) is 0 Å². The van der Waals surface area contributed by atoms with Crippen LogP contribution in [-0.2, 0) is 0 Å². The van der Waals surface area contributed by atoms with Gasteiger partial charge in [-0.25, -0.2) is 4.39 Å². The van der Waals surface area contributed by atoms with Crippen LogP contribution in [0.1, 0.15) is 38.8 Å². The van der Waals surface area contributed by atoms with Crippen molar-refractivity contribution in [3.05, 3.63) is 59.9 Å². The Bertz CT molecular complexity index is 583. The highest BCUT2D eigenvalue weighted by atomic mass is 19.1. The molecule has 1 unspecified atom stereocenters. The first-order chi connectivity index (χ1) is 10.1. The van der Waals surface area contributed by atoms with Gasteiger partial charge in [0.1, 0.15) is 11.6 Å². The lowest BCUT2D eigenvalue weighted by atomic mass is 10.0. The summed E-state index contributed by atoms with van der Waals surface area (Å²) < 4.78 is 19.8. The molecule has 2 aromatic rings. The third kappa shape index (κ3) is 3.97. The number of nitrogens with one attached hydrogen (secondary N) is 1. The summed E-state index contributed by atoms with van der Waals surface area (Å²) in [5.74, 6) is 0.612. The van der Waals surface area contributed by atoms with Gasteiger partial charge >= 0.3 is 0 Å². The van der Waals surface area contributed by atoms with Crippen LogP contribution in [0.25, 0.3) is 0 Å². The molecule has 3 heteroatoms. The molecular weight excluding hydrogens is 265 g/mol. The Kier molecular flexibility index (Phi) is 5.20. The lowest BCUT2D eigenvalue weighted by molar-refractivity contribution is 0.243. The van der Waals surface area contributed by atoms with Crippen LogP contribution < -0.4 is 10.1 Å². The molecule has 0 saturated carbocycles. The third-order valence-electron chi connectivity index (χ3n) is 3.27. The van der Waals surface area contributed by atoms with Crippen molar-refractivity contribution in [2.45, 2.75) is 39.3 Å². The summed E-state index contributed by atoms with van der Waals surface area (Å²) in [6.45, 7) is 6.02. The van der Waals surface area contributed by atoms with Crippen LogP contribution in [0.5, 0.6) is 5.75 Å². The van der Waals surface area contributed by atoms with E-state index in [-0.39, 0.29) is 18.0 Å². The van der Waals surface area contributed by atoms with Gasteiger partial charge in [0.2, 0.25) is 0 Å². The highest BCUT2D eigenvalue weighted by molar-refractivity contribution is 5.57. The number of rotatable bonds is 6. The molecule has 112 valence electrons. The van der Waals surface area contributed by atoms with Crippen molar-refractivity contribution < 1.29 is 9.13 Å². The number of ether oxygens (including phenoxy) is 1. The average Bonchev–Trinajstić information content (AvgIpc) is 2.47. The van der Waals surface area contributed by atoms with Gasteiger partial charge in [-0.1, -0.05) is 37.3 Å². The predicted molar refractivity (Wildman–Crippen MR) is 85.3 cm³/mol. The molecule has 0 radical (unpaired) electrons. The zero-order valence-electron chi connectivity index (χ0n) is 12.8. The molecule has 0 heterocycles. The van der Waals surface area contributed by atoms with Crippen LogP contribution in [0.3, 0.4) is 0 Å². The minimum Gasteiger partial charge on any atom is -0.489 e. The van der Waals surface area contributed by atoms with E-state index < -0.39 is 0 Å². The van der Waals surface area contributed by atoms with Crippen molar-refractivity contribution >= 4 is 5.69 Å². The molecule has 0 bridgehead atoms. The Labute approximate surface area is 126 Å². The first-order valence-corrected chi connectivity index (χ1v) is 7.38. The predicted octanol–water partition coefficient (Wildman–Crippen LogP) is 5.18. The Morgan fingerprint density at radius 3 is 2.38 bits per heavy atom. The van der Waals surface area contributed by atoms with Gasteiger partial charge in [-0.05, 0) is 38.5 Å². The summed E-state index contributed by atoms with van der Waals surface area (Å²) in [6, 6.07) is 14.6. The van der Waals surface area contributed by atoms with Crippen LogP contribution in [0.15, 0.2) is 48.5 Å². The number of benzene rings is 2. The second kappa shape index (κ2) is 7.11. The molecule has 1 N–H and O–H groups in total. The van der Waals surface area contributed by atoms with E-state index in [4.69, 9.17) is 4.74 Å². The smallest absolute Gasteiger partial charge is 0.142 e. The van der Waals surface area contributed by atoms with Gasteiger partial charge in [-0.3, -0.25) is 0 Å². The lowest BCUT2D eigenvalue weighted by Gasteiger charge is -2.22. The van der Waals surface area contributed by atoms with Gasteiger partial charge in [-0.15, -0.1) is 0 Å². The van der Waals surface area contributed by atoms with Crippen molar-refractivity contribution in [2.75, 3.05) is 5.32 Å². The average molecular weight is 287 g/mol. The Morgan fingerprint density at radius 2 is 1.71 bits per heavy atom. The van der Waals surface area contributed by atoms with E-state index in [0.717, 1.165) is 17.9 Å². The first-order valence-electron chi connectivity index (χ1n) is 7.38. The molecule has 21 heavy (non-hydrogen) atoms. The minimum absolute atomic E-state index is 0.0805. The largest absolute Gasteiger partial charge is 0.489 e. The van der Waals surface area contributed by atoms with E-state index in [2.05, 4.69) is 5.32 Å². The number of para-hydroxylation sites is 2. The van der Waals surface area contributed by atoms with Crippen molar-refractivity contribution in [2.24, 2.45) is 0 Å². The molecule has 0 fully saturated rings. The number of anilines is 1. The van der Waals surface area contributed by atoms with E-state index in [1.807, 2.05) is 57.2 Å². The molecule has 2 nitrogen and oxygen atoms in total. The quantitative estimate of drug-likeness (QED) is 0.790. The fourth-order valence-electron chi connectivity index (χ4n) is 2.29. The number of halogens is 1. The van der Waals surface area contributed by atoms with Crippen LogP contribution >= 0.6 is 0 Å². The second-order valence-electron chi connectivity index (χ2n) is 5.29. The van der Waals surface area contributed by atoms with E-state index in [1.54, 1.807) is 6.07 Å².